The number of nitriles is 1. The van der Waals surface area contributed by atoms with Gasteiger partial charge in [0.15, 0.2) is 0 Å². The van der Waals surface area contributed by atoms with E-state index in [4.69, 9.17) is 0 Å². The van der Waals surface area contributed by atoms with Gasteiger partial charge in [-0.25, -0.2) is 4.68 Å². The predicted octanol–water partition coefficient (Wildman–Crippen LogP) is 2.17. The Labute approximate surface area is 141 Å². The summed E-state index contributed by atoms with van der Waals surface area (Å²) >= 11 is 0. The predicted molar refractivity (Wildman–Crippen MR) is 91.8 cm³/mol. The highest BCUT2D eigenvalue weighted by Crippen LogP contribution is 2.17. The Morgan fingerprint density at radius 1 is 1.29 bits per heavy atom. The Morgan fingerprint density at radius 3 is 2.46 bits per heavy atom. The summed E-state index contributed by atoms with van der Waals surface area (Å²) < 4.78 is 1.07. The van der Waals surface area contributed by atoms with Crippen LogP contribution >= 0.6 is 0 Å². The number of rotatable bonds is 4. The molecule has 0 aliphatic heterocycles. The molecule has 6 nitrogen and oxygen atoms in total. The van der Waals surface area contributed by atoms with Crippen LogP contribution in [0.25, 0.3) is 0 Å². The van der Waals surface area contributed by atoms with E-state index in [1.807, 2.05) is 50.2 Å². The van der Waals surface area contributed by atoms with Crippen LogP contribution in [0.15, 0.2) is 35.1 Å². The molecule has 1 aromatic heterocycles. The van der Waals surface area contributed by atoms with Crippen molar-refractivity contribution in [3.05, 3.63) is 57.5 Å². The van der Waals surface area contributed by atoms with E-state index in [9.17, 15) is 14.9 Å². The molecular weight excluding hydrogens is 304 g/mol. The highest BCUT2D eigenvalue weighted by molar-refractivity contribution is 5.93. The van der Waals surface area contributed by atoms with Crippen molar-refractivity contribution < 1.29 is 4.79 Å². The standard InChI is InChI=1S/C18H20N4O2/c1-12(2)22(15-8-6-5-7-9-15)17(23)11-21-18(24)16(10-19)13(3)14(4)20-21/h5-9,12H,11H2,1-4H3. The Kier molecular flexibility index (Phi) is 5.14. The number of carbonyl (C=O) groups is 1. The number of para-hydroxylation sites is 1. The molecule has 0 bridgehead atoms. The van der Waals surface area contributed by atoms with Crippen LogP contribution in [0.2, 0.25) is 0 Å². The number of aromatic nitrogens is 2. The quantitative estimate of drug-likeness (QED) is 0.863. The van der Waals surface area contributed by atoms with Crippen LogP contribution < -0.4 is 10.5 Å². The number of hydrogen-bond acceptors (Lipinski definition) is 4. The Bertz CT molecular complexity index is 848. The minimum Gasteiger partial charge on any atom is -0.308 e. The van der Waals surface area contributed by atoms with E-state index in [0.717, 1.165) is 10.4 Å². The molecule has 1 heterocycles. The summed E-state index contributed by atoms with van der Waals surface area (Å²) in [6.45, 7) is 7.00. The maximum Gasteiger partial charge on any atom is 0.285 e. The normalized spacial score (nSPS) is 10.5. The van der Waals surface area contributed by atoms with E-state index in [2.05, 4.69) is 5.10 Å². The highest BCUT2D eigenvalue weighted by Gasteiger charge is 2.21. The zero-order valence-corrected chi connectivity index (χ0v) is 14.3. The summed E-state index contributed by atoms with van der Waals surface area (Å²) in [6.07, 6.45) is 0. The first-order valence-electron chi connectivity index (χ1n) is 7.72. The van der Waals surface area contributed by atoms with Gasteiger partial charge in [-0.15, -0.1) is 0 Å². The molecule has 0 aliphatic carbocycles. The van der Waals surface area contributed by atoms with Gasteiger partial charge in [0, 0.05) is 11.7 Å². The summed E-state index contributed by atoms with van der Waals surface area (Å²) in [7, 11) is 0. The second kappa shape index (κ2) is 7.09. The van der Waals surface area contributed by atoms with Gasteiger partial charge in [-0.1, -0.05) is 18.2 Å². The van der Waals surface area contributed by atoms with Gasteiger partial charge in [0.2, 0.25) is 5.91 Å². The smallest absolute Gasteiger partial charge is 0.285 e. The van der Waals surface area contributed by atoms with E-state index in [1.165, 1.54) is 0 Å². The van der Waals surface area contributed by atoms with E-state index in [0.29, 0.717) is 11.3 Å². The first kappa shape index (κ1) is 17.4. The molecule has 2 rings (SSSR count). The van der Waals surface area contributed by atoms with E-state index in [1.54, 1.807) is 18.7 Å². The van der Waals surface area contributed by atoms with Gasteiger partial charge in [0.1, 0.15) is 18.2 Å². The maximum absolute atomic E-state index is 12.7. The van der Waals surface area contributed by atoms with Crippen LogP contribution in [-0.2, 0) is 11.3 Å². The average Bonchev–Trinajstić information content (AvgIpc) is 2.54. The number of hydrogen-bond donors (Lipinski definition) is 0. The first-order valence-corrected chi connectivity index (χ1v) is 7.72. The Hall–Kier alpha value is -2.94. The maximum atomic E-state index is 12.7. The van der Waals surface area contributed by atoms with Crippen molar-refractivity contribution in [1.29, 1.82) is 5.26 Å². The summed E-state index contributed by atoms with van der Waals surface area (Å²) in [6, 6.07) is 11.1. The van der Waals surface area contributed by atoms with Gasteiger partial charge in [-0.2, -0.15) is 10.4 Å². The molecule has 0 saturated carbocycles. The zero-order chi connectivity index (χ0) is 17.9. The van der Waals surface area contributed by atoms with Crippen LogP contribution in [-0.4, -0.2) is 21.7 Å². The third-order valence-corrected chi connectivity index (χ3v) is 3.85. The Balaban J connectivity index is 2.40. The molecule has 0 N–H and O–H groups in total. The highest BCUT2D eigenvalue weighted by atomic mass is 16.2. The molecule has 0 saturated heterocycles. The number of nitrogens with zero attached hydrogens (tertiary/aromatic N) is 4. The number of aryl methyl sites for hydroxylation is 1. The first-order chi connectivity index (χ1) is 11.4. The van der Waals surface area contributed by atoms with Crippen molar-refractivity contribution in [2.75, 3.05) is 4.90 Å². The van der Waals surface area contributed by atoms with Crippen LogP contribution in [0.4, 0.5) is 5.69 Å². The van der Waals surface area contributed by atoms with Crippen molar-refractivity contribution in [3.63, 3.8) is 0 Å². The van der Waals surface area contributed by atoms with Crippen LogP contribution in [0, 0.1) is 25.2 Å². The molecule has 124 valence electrons. The van der Waals surface area contributed by atoms with E-state index >= 15 is 0 Å². The lowest BCUT2D eigenvalue weighted by Gasteiger charge is -2.27. The topological polar surface area (TPSA) is 79.0 Å². The van der Waals surface area contributed by atoms with Crippen LogP contribution in [0.5, 0.6) is 0 Å². The van der Waals surface area contributed by atoms with Gasteiger partial charge in [0.05, 0.1) is 5.69 Å². The van der Waals surface area contributed by atoms with Gasteiger partial charge < -0.3 is 4.90 Å². The van der Waals surface area contributed by atoms with Crippen molar-refractivity contribution in [2.45, 2.75) is 40.3 Å². The van der Waals surface area contributed by atoms with Crippen LogP contribution in [0.1, 0.15) is 30.7 Å². The largest absolute Gasteiger partial charge is 0.308 e. The van der Waals surface area contributed by atoms with Crippen molar-refractivity contribution in [3.8, 4) is 6.07 Å². The third-order valence-electron chi connectivity index (χ3n) is 3.85. The number of amides is 1. The fourth-order valence-corrected chi connectivity index (χ4v) is 2.53. The summed E-state index contributed by atoms with van der Waals surface area (Å²) in [4.78, 5) is 26.7. The van der Waals surface area contributed by atoms with Gasteiger partial charge in [0.25, 0.3) is 5.56 Å². The molecule has 1 amide bonds. The second-order valence-corrected chi connectivity index (χ2v) is 5.85. The second-order valence-electron chi connectivity index (χ2n) is 5.85. The molecule has 6 heteroatoms. The van der Waals surface area contributed by atoms with Crippen molar-refractivity contribution in [1.82, 2.24) is 9.78 Å². The fraction of sp³-hybridized carbons (Fsp3) is 0.333. The molecule has 0 fully saturated rings. The molecule has 0 radical (unpaired) electrons. The molecular formula is C18H20N4O2. The zero-order valence-electron chi connectivity index (χ0n) is 14.3. The summed E-state index contributed by atoms with van der Waals surface area (Å²) in [5, 5.41) is 13.3. The molecule has 0 atom stereocenters. The lowest BCUT2D eigenvalue weighted by atomic mass is 10.1. The van der Waals surface area contributed by atoms with Gasteiger partial charge in [-0.05, 0) is 45.4 Å². The fourth-order valence-electron chi connectivity index (χ4n) is 2.53. The molecule has 0 aliphatic rings. The minimum atomic E-state index is -0.536. The molecule has 0 unspecified atom stereocenters. The summed E-state index contributed by atoms with van der Waals surface area (Å²) in [5.74, 6) is -0.252. The average molecular weight is 324 g/mol. The monoisotopic (exact) mass is 324 g/mol. The molecule has 1 aromatic carbocycles. The molecule has 24 heavy (non-hydrogen) atoms. The van der Waals surface area contributed by atoms with E-state index in [-0.39, 0.29) is 24.1 Å². The lowest BCUT2D eigenvalue weighted by molar-refractivity contribution is -0.119. The lowest BCUT2D eigenvalue weighted by Crippen LogP contribution is -2.42. The van der Waals surface area contributed by atoms with Crippen molar-refractivity contribution in [2.24, 2.45) is 0 Å². The SMILES string of the molecule is Cc1nn(CC(=O)N(c2ccccc2)C(C)C)c(=O)c(C#N)c1C. The van der Waals surface area contributed by atoms with Gasteiger partial charge in [-0.3, -0.25) is 9.59 Å². The van der Waals surface area contributed by atoms with E-state index < -0.39 is 5.56 Å². The number of anilines is 1. The molecule has 0 spiro atoms. The van der Waals surface area contributed by atoms with Gasteiger partial charge >= 0.3 is 0 Å². The number of carbonyl (C=O) groups excluding carboxylic acids is 1. The van der Waals surface area contributed by atoms with Crippen molar-refractivity contribution >= 4 is 11.6 Å². The summed E-state index contributed by atoms with van der Waals surface area (Å²) in [5.41, 5.74) is 1.37. The Morgan fingerprint density at radius 2 is 1.92 bits per heavy atom. The third kappa shape index (κ3) is 3.35. The molecule has 2 aromatic rings. The number of benzene rings is 1. The minimum absolute atomic E-state index is 0.0334. The van der Waals surface area contributed by atoms with Crippen LogP contribution in [0.3, 0.4) is 0 Å².